The van der Waals surface area contributed by atoms with Gasteiger partial charge in [-0.3, -0.25) is 0 Å². The Morgan fingerprint density at radius 1 is 0.381 bits per heavy atom. The van der Waals surface area contributed by atoms with Crippen molar-refractivity contribution in [1.29, 1.82) is 0 Å². The molecule has 2 heterocycles. The standard InChI is InChI=1S/C30H30N4O2.C6H6/c1-29(2,3)23-14-10-19(11-15-23)25-31-33-27(35-25)21-8-7-9-22(18-21)28-34-32-26(36-28)20-12-16-24(17-13-20)30(4,5)6;1-2-4-6-5-3-1/h7-18H,1-6H3;1-6H. The maximum absolute atomic E-state index is 6.00. The first-order valence-electron chi connectivity index (χ1n) is 14.1. The van der Waals surface area contributed by atoms with E-state index in [4.69, 9.17) is 8.83 Å². The van der Waals surface area contributed by atoms with Crippen LogP contribution in [0.2, 0.25) is 0 Å². The molecule has 0 fully saturated rings. The Morgan fingerprint density at radius 2 is 0.690 bits per heavy atom. The SMILES string of the molecule is CC(C)(C)c1ccc(-c2nnc(-c3cccc(-c4nnc(-c5ccc(C(C)(C)C)cc5)o4)c3)o2)cc1.c1ccccc1. The van der Waals surface area contributed by atoms with Crippen molar-refractivity contribution >= 4 is 0 Å². The van der Waals surface area contributed by atoms with Crippen molar-refractivity contribution < 1.29 is 8.83 Å². The van der Waals surface area contributed by atoms with Gasteiger partial charge in [0.2, 0.25) is 23.6 Å². The lowest BCUT2D eigenvalue weighted by molar-refractivity contribution is 0.580. The second-order valence-corrected chi connectivity index (χ2v) is 12.2. The first-order valence-corrected chi connectivity index (χ1v) is 14.1. The molecule has 212 valence electrons. The molecule has 0 atom stereocenters. The third kappa shape index (κ3) is 6.89. The predicted octanol–water partition coefficient (Wildman–Crippen LogP) is 9.40. The Morgan fingerprint density at radius 3 is 1.00 bits per heavy atom. The molecule has 0 radical (unpaired) electrons. The third-order valence-electron chi connectivity index (χ3n) is 6.87. The maximum atomic E-state index is 6.00. The van der Waals surface area contributed by atoms with Gasteiger partial charge in [0, 0.05) is 22.3 Å². The van der Waals surface area contributed by atoms with Crippen LogP contribution < -0.4 is 0 Å². The average Bonchev–Trinajstić information content (AvgIpc) is 3.69. The third-order valence-corrected chi connectivity index (χ3v) is 6.87. The van der Waals surface area contributed by atoms with E-state index in [1.807, 2.05) is 84.9 Å². The minimum Gasteiger partial charge on any atom is -0.416 e. The summed E-state index contributed by atoms with van der Waals surface area (Å²) in [6, 6.07) is 36.1. The normalized spacial score (nSPS) is 11.6. The molecule has 0 saturated carbocycles. The fraction of sp³-hybridized carbons (Fsp3) is 0.222. The molecule has 0 aliphatic carbocycles. The van der Waals surface area contributed by atoms with Gasteiger partial charge in [-0.1, -0.05) is 108 Å². The summed E-state index contributed by atoms with van der Waals surface area (Å²) < 4.78 is 12.0. The predicted molar refractivity (Wildman–Crippen MR) is 168 cm³/mol. The average molecular weight is 557 g/mol. The van der Waals surface area contributed by atoms with E-state index in [0.29, 0.717) is 23.6 Å². The molecule has 6 aromatic rings. The van der Waals surface area contributed by atoms with Crippen molar-refractivity contribution in [2.24, 2.45) is 0 Å². The van der Waals surface area contributed by atoms with Crippen LogP contribution in [-0.4, -0.2) is 20.4 Å². The molecular formula is C36H36N4O2. The largest absolute Gasteiger partial charge is 0.416 e. The molecule has 0 N–H and O–H groups in total. The highest BCUT2D eigenvalue weighted by molar-refractivity contribution is 5.66. The Bertz CT molecular complexity index is 1580. The molecule has 42 heavy (non-hydrogen) atoms. The summed E-state index contributed by atoms with van der Waals surface area (Å²) in [5, 5.41) is 17.0. The van der Waals surface area contributed by atoms with Gasteiger partial charge in [-0.05, 0) is 64.4 Å². The lowest BCUT2D eigenvalue weighted by atomic mass is 9.87. The van der Waals surface area contributed by atoms with E-state index >= 15 is 0 Å². The van der Waals surface area contributed by atoms with Crippen LogP contribution in [0, 0.1) is 0 Å². The zero-order chi connectivity index (χ0) is 29.7. The van der Waals surface area contributed by atoms with Gasteiger partial charge in [0.25, 0.3) is 0 Å². The fourth-order valence-corrected chi connectivity index (χ4v) is 4.31. The van der Waals surface area contributed by atoms with E-state index in [9.17, 15) is 0 Å². The molecule has 0 aliphatic heterocycles. The lowest BCUT2D eigenvalue weighted by Gasteiger charge is -2.18. The zero-order valence-corrected chi connectivity index (χ0v) is 25.0. The van der Waals surface area contributed by atoms with E-state index in [-0.39, 0.29) is 10.8 Å². The number of hydrogen-bond acceptors (Lipinski definition) is 6. The van der Waals surface area contributed by atoms with Gasteiger partial charge in [-0.15, -0.1) is 20.4 Å². The number of rotatable bonds is 4. The van der Waals surface area contributed by atoms with Crippen molar-refractivity contribution in [3.63, 3.8) is 0 Å². The Balaban J connectivity index is 0.000000524. The van der Waals surface area contributed by atoms with Crippen LogP contribution in [-0.2, 0) is 10.8 Å². The van der Waals surface area contributed by atoms with Gasteiger partial charge in [0.15, 0.2) is 0 Å². The number of benzene rings is 4. The fourth-order valence-electron chi connectivity index (χ4n) is 4.31. The van der Waals surface area contributed by atoms with E-state index in [2.05, 4.69) is 86.2 Å². The maximum Gasteiger partial charge on any atom is 0.248 e. The van der Waals surface area contributed by atoms with Gasteiger partial charge in [-0.25, -0.2) is 0 Å². The van der Waals surface area contributed by atoms with E-state index in [1.165, 1.54) is 11.1 Å². The topological polar surface area (TPSA) is 77.8 Å². The molecule has 0 bridgehead atoms. The molecule has 0 aliphatic rings. The molecule has 6 rings (SSSR count). The van der Waals surface area contributed by atoms with Crippen molar-refractivity contribution in [2.45, 2.75) is 52.4 Å². The monoisotopic (exact) mass is 556 g/mol. The number of hydrogen-bond donors (Lipinski definition) is 0. The van der Waals surface area contributed by atoms with Crippen molar-refractivity contribution in [1.82, 2.24) is 20.4 Å². The quantitative estimate of drug-likeness (QED) is 0.215. The second kappa shape index (κ2) is 12.0. The number of nitrogens with zero attached hydrogens (tertiary/aromatic N) is 4. The summed E-state index contributed by atoms with van der Waals surface area (Å²) in [6.45, 7) is 13.1. The minimum atomic E-state index is 0.0868. The first kappa shape index (κ1) is 28.7. The van der Waals surface area contributed by atoms with Gasteiger partial charge >= 0.3 is 0 Å². The zero-order valence-electron chi connectivity index (χ0n) is 25.0. The summed E-state index contributed by atoms with van der Waals surface area (Å²) in [6.07, 6.45) is 0. The Hall–Kier alpha value is -4.84. The van der Waals surface area contributed by atoms with E-state index < -0.39 is 0 Å². The molecule has 4 aromatic carbocycles. The Kier molecular flexibility index (Phi) is 8.16. The highest BCUT2D eigenvalue weighted by atomic mass is 16.4. The summed E-state index contributed by atoms with van der Waals surface area (Å²) in [5.74, 6) is 1.83. The summed E-state index contributed by atoms with van der Waals surface area (Å²) >= 11 is 0. The molecule has 0 unspecified atom stereocenters. The first-order chi connectivity index (χ1) is 20.1. The summed E-state index contributed by atoms with van der Waals surface area (Å²) in [7, 11) is 0. The second-order valence-electron chi connectivity index (χ2n) is 12.2. The Labute approximate surface area is 247 Å². The van der Waals surface area contributed by atoms with Crippen LogP contribution in [0.1, 0.15) is 52.7 Å². The molecule has 0 saturated heterocycles. The molecular weight excluding hydrogens is 520 g/mol. The van der Waals surface area contributed by atoms with Crippen LogP contribution in [0.5, 0.6) is 0 Å². The van der Waals surface area contributed by atoms with Crippen molar-refractivity contribution in [3.8, 4) is 45.8 Å². The highest BCUT2D eigenvalue weighted by Gasteiger charge is 2.18. The highest BCUT2D eigenvalue weighted by Crippen LogP contribution is 2.31. The molecule has 0 amide bonds. The van der Waals surface area contributed by atoms with E-state index in [1.54, 1.807) is 0 Å². The van der Waals surface area contributed by atoms with Crippen molar-refractivity contribution in [3.05, 3.63) is 120 Å². The van der Waals surface area contributed by atoms with Crippen LogP contribution in [0.3, 0.4) is 0 Å². The van der Waals surface area contributed by atoms with Gasteiger partial charge < -0.3 is 8.83 Å². The molecule has 6 nitrogen and oxygen atoms in total. The molecule has 0 spiro atoms. The van der Waals surface area contributed by atoms with Crippen LogP contribution in [0.15, 0.2) is 118 Å². The van der Waals surface area contributed by atoms with Gasteiger partial charge in [0.1, 0.15) is 0 Å². The summed E-state index contributed by atoms with van der Waals surface area (Å²) in [5.41, 5.74) is 6.02. The van der Waals surface area contributed by atoms with Gasteiger partial charge in [0.05, 0.1) is 0 Å². The summed E-state index contributed by atoms with van der Waals surface area (Å²) in [4.78, 5) is 0. The minimum absolute atomic E-state index is 0.0868. The molecule has 2 aromatic heterocycles. The van der Waals surface area contributed by atoms with Crippen molar-refractivity contribution in [2.75, 3.05) is 0 Å². The van der Waals surface area contributed by atoms with Crippen LogP contribution >= 0.6 is 0 Å². The van der Waals surface area contributed by atoms with Gasteiger partial charge in [-0.2, -0.15) is 0 Å². The molecule has 6 heteroatoms. The van der Waals surface area contributed by atoms with Crippen LogP contribution in [0.25, 0.3) is 45.8 Å². The smallest absolute Gasteiger partial charge is 0.248 e. The van der Waals surface area contributed by atoms with Crippen LogP contribution in [0.4, 0.5) is 0 Å². The van der Waals surface area contributed by atoms with E-state index in [0.717, 1.165) is 22.3 Å². The number of aromatic nitrogens is 4. The lowest BCUT2D eigenvalue weighted by Crippen LogP contribution is -2.10.